The van der Waals surface area contributed by atoms with E-state index in [2.05, 4.69) is 0 Å². The molecule has 4 rings (SSSR count). The lowest BCUT2D eigenvalue weighted by molar-refractivity contribution is -0.193. The molecule has 0 saturated heterocycles. The first kappa shape index (κ1) is 31.6. The van der Waals surface area contributed by atoms with Gasteiger partial charge in [-0.05, 0) is 61.4 Å². The van der Waals surface area contributed by atoms with Crippen molar-refractivity contribution in [2.45, 2.75) is 32.4 Å². The van der Waals surface area contributed by atoms with Gasteiger partial charge in [-0.3, -0.25) is 0 Å². The summed E-state index contributed by atoms with van der Waals surface area (Å²) in [5, 5.41) is 0. The number of rotatable bonds is 3. The van der Waals surface area contributed by atoms with Crippen molar-refractivity contribution < 1.29 is 45.5 Å². The molecule has 1 heterocycles. The predicted molar refractivity (Wildman–Crippen MR) is 130 cm³/mol. The molecule has 0 spiro atoms. The van der Waals surface area contributed by atoms with E-state index in [1.165, 1.54) is 12.1 Å². The van der Waals surface area contributed by atoms with Crippen LogP contribution in [0.2, 0.25) is 0 Å². The smallest absolute Gasteiger partial charge is 0.343 e. The van der Waals surface area contributed by atoms with Crippen LogP contribution in [0.5, 0.6) is 0 Å². The Labute approximate surface area is 225 Å². The quantitative estimate of drug-likeness (QED) is 0.323. The van der Waals surface area contributed by atoms with Gasteiger partial charge in [0.1, 0.15) is 6.17 Å². The van der Waals surface area contributed by atoms with Crippen LogP contribution in [0.3, 0.4) is 0 Å². The van der Waals surface area contributed by atoms with Crippen LogP contribution >= 0.6 is 0 Å². The van der Waals surface area contributed by atoms with Crippen molar-refractivity contribution in [3.63, 3.8) is 0 Å². The van der Waals surface area contributed by atoms with Crippen LogP contribution in [0.15, 0.2) is 90.1 Å². The van der Waals surface area contributed by atoms with Crippen molar-refractivity contribution in [3.8, 4) is 0 Å². The maximum atomic E-state index is 13.5. The summed E-state index contributed by atoms with van der Waals surface area (Å²) in [6, 6.07) is 19.0. The lowest BCUT2D eigenvalue weighted by Gasteiger charge is -2.47. The minimum atomic E-state index is -4.53. The van der Waals surface area contributed by atoms with E-state index in [-0.39, 0.29) is 12.3 Å². The molecule has 0 aromatic heterocycles. The molecule has 1 unspecified atom stereocenters. The minimum Gasteiger partial charge on any atom is -0.343 e. The lowest BCUT2D eigenvalue weighted by Crippen LogP contribution is -2.46. The molecular weight excluding hydrogens is 542 g/mol. The fraction of sp³-hybridized carbons (Fsp3) is 0.214. The first-order valence-electron chi connectivity index (χ1n) is 11.4. The van der Waals surface area contributed by atoms with Crippen molar-refractivity contribution in [3.05, 3.63) is 107 Å². The molecule has 0 saturated carbocycles. The Hall–Kier alpha value is -4.66. The molecule has 0 aliphatic carbocycles. The van der Waals surface area contributed by atoms with Gasteiger partial charge in [-0.1, -0.05) is 42.5 Å². The van der Waals surface area contributed by atoms with Gasteiger partial charge in [0.25, 0.3) is 0 Å². The van der Waals surface area contributed by atoms with Gasteiger partial charge in [-0.25, -0.2) is 0 Å². The van der Waals surface area contributed by atoms with Crippen molar-refractivity contribution in [2.75, 3.05) is 16.3 Å². The molecule has 40 heavy (non-hydrogen) atoms. The summed E-state index contributed by atoms with van der Waals surface area (Å²) in [5.41, 5.74) is 1.37. The Morgan fingerprint density at radius 2 is 1.12 bits per heavy atom. The molecule has 1 aliphatic rings. The Balaban J connectivity index is 0.000000858. The molecule has 0 bridgehead atoms. The normalized spacial score (nSPS) is 15.2. The largest absolute Gasteiger partial charge is 0.416 e. The number of alkyl halides is 6. The van der Waals surface area contributed by atoms with Gasteiger partial charge in [-0.15, -0.1) is 0 Å². The van der Waals surface area contributed by atoms with Gasteiger partial charge in [0, 0.05) is 23.6 Å². The second-order valence-corrected chi connectivity index (χ2v) is 8.41. The van der Waals surface area contributed by atoms with Crippen LogP contribution in [0.1, 0.15) is 36.7 Å². The highest BCUT2D eigenvalue weighted by Gasteiger charge is 2.37. The van der Waals surface area contributed by atoms with Gasteiger partial charge in [0.15, 0.2) is 0 Å². The number of anilines is 2. The number of nitrogens with zero attached hydrogens (tertiary/aromatic N) is 2. The SMILES string of the molecule is CC1=C(C)N(c2cccc(C(F)(F)F)c2)C(c2ccccc2)N(c2cccc(C(F)(F)F)c2)C1.O=C=O.O=C=O. The third-order valence-corrected chi connectivity index (χ3v) is 5.98. The molecule has 0 fully saturated rings. The molecule has 0 N–H and O–H groups in total. The molecule has 6 nitrogen and oxygen atoms in total. The maximum Gasteiger partial charge on any atom is 0.416 e. The molecule has 1 atom stereocenters. The molecule has 3 aromatic carbocycles. The van der Waals surface area contributed by atoms with E-state index in [1.54, 1.807) is 34.1 Å². The van der Waals surface area contributed by atoms with Gasteiger partial charge >= 0.3 is 24.7 Å². The summed E-state index contributed by atoms with van der Waals surface area (Å²) in [6.45, 7) is 3.97. The lowest BCUT2D eigenvalue weighted by atomic mass is 10.0. The van der Waals surface area contributed by atoms with Gasteiger partial charge < -0.3 is 9.80 Å². The summed E-state index contributed by atoms with van der Waals surface area (Å²) in [4.78, 5) is 36.0. The highest BCUT2D eigenvalue weighted by molar-refractivity contribution is 5.64. The topological polar surface area (TPSA) is 74.8 Å². The number of hydrogen-bond acceptors (Lipinski definition) is 6. The van der Waals surface area contributed by atoms with E-state index >= 15 is 0 Å². The predicted octanol–water partition coefficient (Wildman–Crippen LogP) is 6.88. The number of carbonyl (C=O) groups excluding carboxylic acids is 4. The standard InChI is InChI=1S/C26H22F6N2.2CO2/c1-17-16-33(22-12-6-10-20(14-22)25(27,28)29)24(19-8-4-3-5-9-19)34(18(17)2)23-13-7-11-21(15-23)26(30,31)32;2*2-1-3/h3-15,24H,16H2,1-2H3;;. The fourth-order valence-electron chi connectivity index (χ4n) is 4.20. The number of allylic oxidation sites excluding steroid dienone is 1. The number of benzene rings is 3. The highest BCUT2D eigenvalue weighted by atomic mass is 19.4. The second kappa shape index (κ2) is 13.4. The molecule has 0 radical (unpaired) electrons. The first-order valence-corrected chi connectivity index (χ1v) is 11.4. The third-order valence-electron chi connectivity index (χ3n) is 5.98. The summed E-state index contributed by atoms with van der Waals surface area (Å²) >= 11 is 0. The Kier molecular flexibility index (Phi) is 10.6. The maximum absolute atomic E-state index is 13.5. The van der Waals surface area contributed by atoms with Crippen LogP contribution in [-0.2, 0) is 31.5 Å². The third kappa shape index (κ3) is 7.69. The van der Waals surface area contributed by atoms with Crippen molar-refractivity contribution in [1.82, 2.24) is 0 Å². The van der Waals surface area contributed by atoms with E-state index in [0.717, 1.165) is 41.1 Å². The van der Waals surface area contributed by atoms with E-state index < -0.39 is 29.6 Å². The van der Waals surface area contributed by atoms with E-state index in [9.17, 15) is 26.3 Å². The molecule has 1 aliphatic heterocycles. The van der Waals surface area contributed by atoms with Gasteiger partial charge in [-0.2, -0.15) is 45.5 Å². The zero-order valence-corrected chi connectivity index (χ0v) is 21.1. The van der Waals surface area contributed by atoms with E-state index in [0.29, 0.717) is 17.9 Å². The minimum absolute atomic E-state index is 0.250. The average Bonchev–Trinajstić information content (AvgIpc) is 2.90. The zero-order chi connectivity index (χ0) is 30.1. The first-order chi connectivity index (χ1) is 18.8. The zero-order valence-electron chi connectivity index (χ0n) is 21.1. The molecule has 12 heteroatoms. The summed E-state index contributed by atoms with van der Waals surface area (Å²) in [6.07, 6.45) is -9.20. The second-order valence-electron chi connectivity index (χ2n) is 8.41. The number of halogens is 6. The average molecular weight is 564 g/mol. The van der Waals surface area contributed by atoms with E-state index in [4.69, 9.17) is 19.2 Å². The van der Waals surface area contributed by atoms with Crippen LogP contribution in [0.25, 0.3) is 0 Å². The van der Waals surface area contributed by atoms with Crippen LogP contribution < -0.4 is 9.80 Å². The van der Waals surface area contributed by atoms with Crippen molar-refractivity contribution >= 4 is 23.7 Å². The van der Waals surface area contributed by atoms with Crippen LogP contribution in [-0.4, -0.2) is 18.8 Å². The fourth-order valence-corrected chi connectivity index (χ4v) is 4.20. The summed E-state index contributed by atoms with van der Waals surface area (Å²) < 4.78 is 80.8. The van der Waals surface area contributed by atoms with Gasteiger partial charge in [0.2, 0.25) is 0 Å². The Morgan fingerprint density at radius 1 is 0.675 bits per heavy atom. The molecule has 3 aromatic rings. The summed E-state index contributed by atoms with van der Waals surface area (Å²) in [7, 11) is 0. The molecule has 0 amide bonds. The molecular formula is C28H22F6N2O4. The highest BCUT2D eigenvalue weighted by Crippen LogP contribution is 2.43. The monoisotopic (exact) mass is 564 g/mol. The van der Waals surface area contributed by atoms with Crippen LogP contribution in [0.4, 0.5) is 37.7 Å². The van der Waals surface area contributed by atoms with E-state index in [1.807, 2.05) is 32.0 Å². The van der Waals surface area contributed by atoms with Crippen molar-refractivity contribution in [2.24, 2.45) is 0 Å². The van der Waals surface area contributed by atoms with Crippen LogP contribution in [0, 0.1) is 0 Å². The Bertz CT molecular complexity index is 1380. The molecule has 210 valence electrons. The van der Waals surface area contributed by atoms with Crippen molar-refractivity contribution in [1.29, 1.82) is 0 Å². The Morgan fingerprint density at radius 3 is 1.60 bits per heavy atom. The van der Waals surface area contributed by atoms with Gasteiger partial charge in [0.05, 0.1) is 11.1 Å². The summed E-state index contributed by atoms with van der Waals surface area (Å²) in [5.74, 6) is 0. The number of hydrogen-bond donors (Lipinski definition) is 0.